The number of hydrogen-bond donors (Lipinski definition) is 1. The van der Waals surface area contributed by atoms with Crippen LogP contribution in [0.1, 0.15) is 12.6 Å². The van der Waals surface area contributed by atoms with Crippen molar-refractivity contribution in [2.24, 2.45) is 0 Å². The lowest BCUT2D eigenvalue weighted by Gasteiger charge is -2.38. The highest BCUT2D eigenvalue weighted by Gasteiger charge is 2.31. The third-order valence-corrected chi connectivity index (χ3v) is 6.95. The molecular weight excluding hydrogens is 562 g/mol. The lowest BCUT2D eigenvalue weighted by molar-refractivity contribution is -0.128. The first-order valence-corrected chi connectivity index (χ1v) is 13.4. The molecule has 1 saturated heterocycles. The smallest absolute Gasteiger partial charge is 0.415 e. The minimum absolute atomic E-state index is 0.170. The molecule has 2 amide bonds. The zero-order valence-electron chi connectivity index (χ0n) is 23.0. The predicted molar refractivity (Wildman–Crippen MR) is 156 cm³/mol. The highest BCUT2D eigenvalue weighted by Crippen LogP contribution is 2.36. The van der Waals surface area contributed by atoms with Crippen LogP contribution in [-0.2, 0) is 11.4 Å². The van der Waals surface area contributed by atoms with E-state index >= 15 is 0 Å². The molecule has 0 radical (unpaired) electrons. The monoisotopic (exact) mass is 589 g/mol. The number of carbonyl (C=O) groups excluding carboxylic acids is 2. The molecule has 5 rings (SSSR count). The molecule has 12 nitrogen and oxygen atoms in total. The highest BCUT2D eigenvalue weighted by atomic mass is 35.5. The maximum Gasteiger partial charge on any atom is 0.415 e. The Morgan fingerprint density at radius 1 is 1.12 bits per heavy atom. The molecule has 1 N–H and O–H groups in total. The number of nitrogens with zero attached hydrogens (tertiary/aromatic N) is 6. The van der Waals surface area contributed by atoms with Crippen molar-refractivity contribution in [2.45, 2.75) is 19.6 Å². The largest absolute Gasteiger partial charge is 0.493 e. The van der Waals surface area contributed by atoms with E-state index in [9.17, 15) is 9.59 Å². The number of anilines is 2. The van der Waals surface area contributed by atoms with Gasteiger partial charge in [-0.2, -0.15) is 0 Å². The molecule has 13 heteroatoms. The van der Waals surface area contributed by atoms with Crippen molar-refractivity contribution < 1.29 is 23.8 Å². The van der Waals surface area contributed by atoms with Crippen LogP contribution in [-0.4, -0.2) is 74.5 Å². The van der Waals surface area contributed by atoms with Gasteiger partial charge < -0.3 is 29.3 Å². The number of rotatable bonds is 8. The molecule has 0 saturated carbocycles. The second-order valence-electron chi connectivity index (χ2n) is 9.40. The van der Waals surface area contributed by atoms with E-state index in [1.165, 1.54) is 19.5 Å². The maximum atomic E-state index is 13.2. The minimum atomic E-state index is -0.555. The highest BCUT2D eigenvalue weighted by molar-refractivity contribution is 6.32. The van der Waals surface area contributed by atoms with Crippen LogP contribution in [0.5, 0.6) is 17.2 Å². The maximum absolute atomic E-state index is 13.2. The Morgan fingerprint density at radius 2 is 1.98 bits per heavy atom. The van der Waals surface area contributed by atoms with Crippen molar-refractivity contribution in [3.8, 4) is 17.2 Å². The lowest BCUT2D eigenvalue weighted by Crippen LogP contribution is -2.55. The number of ether oxygens (including phenoxy) is 3. The number of fused-ring (bicyclic) bond motifs is 1. The van der Waals surface area contributed by atoms with Gasteiger partial charge >= 0.3 is 6.09 Å². The number of benzene rings is 2. The van der Waals surface area contributed by atoms with Crippen molar-refractivity contribution >= 4 is 46.0 Å². The van der Waals surface area contributed by atoms with Crippen molar-refractivity contribution in [3.05, 3.63) is 78.6 Å². The van der Waals surface area contributed by atoms with Crippen LogP contribution in [0.25, 0.3) is 10.9 Å². The van der Waals surface area contributed by atoms with Crippen LogP contribution < -0.4 is 19.5 Å². The van der Waals surface area contributed by atoms with Gasteiger partial charge in [-0.15, -0.1) is 0 Å². The molecule has 2 aromatic heterocycles. The van der Waals surface area contributed by atoms with Gasteiger partial charge in [-0.25, -0.2) is 14.8 Å². The normalized spacial score (nSPS) is 14.8. The van der Waals surface area contributed by atoms with Gasteiger partial charge in [-0.3, -0.25) is 14.8 Å². The number of piperazine rings is 1. The summed E-state index contributed by atoms with van der Waals surface area (Å²) in [7, 11) is 1.48. The van der Waals surface area contributed by atoms with Gasteiger partial charge in [0.1, 0.15) is 24.5 Å². The molecule has 1 aliphatic rings. The molecule has 0 aliphatic carbocycles. The molecule has 42 heavy (non-hydrogen) atoms. The second kappa shape index (κ2) is 12.7. The van der Waals surface area contributed by atoms with E-state index in [0.717, 1.165) is 0 Å². The minimum Gasteiger partial charge on any atom is -0.493 e. The molecule has 1 atom stereocenters. The van der Waals surface area contributed by atoms with E-state index < -0.39 is 6.09 Å². The van der Waals surface area contributed by atoms with Gasteiger partial charge in [0.2, 0.25) is 5.91 Å². The van der Waals surface area contributed by atoms with E-state index in [2.05, 4.69) is 31.8 Å². The van der Waals surface area contributed by atoms with Gasteiger partial charge in [-0.1, -0.05) is 18.2 Å². The average Bonchev–Trinajstić information content (AvgIpc) is 3.00. The summed E-state index contributed by atoms with van der Waals surface area (Å²) in [4.78, 5) is 45.3. The summed E-state index contributed by atoms with van der Waals surface area (Å²) in [5.74, 6) is 1.32. The topological polar surface area (TPSA) is 132 Å². The Balaban J connectivity index is 1.34. The Labute approximate surface area is 246 Å². The molecule has 3 heterocycles. The van der Waals surface area contributed by atoms with Crippen LogP contribution in [0.15, 0.2) is 67.9 Å². The Morgan fingerprint density at radius 3 is 2.69 bits per heavy atom. The number of carbonyl (C=O) groups is 2. The van der Waals surface area contributed by atoms with Crippen molar-refractivity contribution in [1.29, 1.82) is 0 Å². The van der Waals surface area contributed by atoms with Gasteiger partial charge in [0.05, 0.1) is 29.5 Å². The van der Waals surface area contributed by atoms with E-state index in [1.807, 2.05) is 6.92 Å². The van der Waals surface area contributed by atoms with E-state index in [1.54, 1.807) is 58.7 Å². The number of hydrogen-bond acceptors (Lipinski definition) is 10. The second-order valence-corrected chi connectivity index (χ2v) is 9.80. The molecule has 216 valence electrons. The van der Waals surface area contributed by atoms with Crippen LogP contribution in [0.3, 0.4) is 0 Å². The molecule has 1 fully saturated rings. The Hall–Kier alpha value is -4.97. The fraction of sp³-hybridized carbons (Fsp3) is 0.241. The molecule has 0 bridgehead atoms. The predicted octanol–water partition coefficient (Wildman–Crippen LogP) is 4.62. The third kappa shape index (κ3) is 6.33. The Bertz CT molecular complexity index is 1620. The number of halogens is 1. The summed E-state index contributed by atoms with van der Waals surface area (Å²) >= 11 is 6.48. The van der Waals surface area contributed by atoms with E-state index in [0.29, 0.717) is 64.3 Å². The van der Waals surface area contributed by atoms with Crippen molar-refractivity contribution in [2.75, 3.05) is 32.1 Å². The van der Waals surface area contributed by atoms with Crippen molar-refractivity contribution in [1.82, 2.24) is 29.7 Å². The fourth-order valence-corrected chi connectivity index (χ4v) is 4.74. The third-order valence-electron chi connectivity index (χ3n) is 6.65. The molecule has 0 unspecified atom stereocenters. The first kappa shape index (κ1) is 28.6. The zero-order chi connectivity index (χ0) is 29.6. The summed E-state index contributed by atoms with van der Waals surface area (Å²) in [5.41, 5.74) is 1.90. The summed E-state index contributed by atoms with van der Waals surface area (Å²) < 4.78 is 17.1. The van der Waals surface area contributed by atoms with E-state index in [4.69, 9.17) is 25.8 Å². The number of methoxy groups -OCH3 is 1. The van der Waals surface area contributed by atoms with Crippen LogP contribution >= 0.6 is 11.6 Å². The lowest BCUT2D eigenvalue weighted by atomic mass is 10.2. The summed E-state index contributed by atoms with van der Waals surface area (Å²) in [6.45, 7) is 6.70. The van der Waals surface area contributed by atoms with Crippen LogP contribution in [0, 0.1) is 0 Å². The Kier molecular flexibility index (Phi) is 8.63. The number of aromatic nitrogens is 4. The molecule has 2 aromatic carbocycles. The molecule has 0 spiro atoms. The quantitative estimate of drug-likeness (QED) is 0.290. The van der Waals surface area contributed by atoms with Gasteiger partial charge in [-0.05, 0) is 37.3 Å². The van der Waals surface area contributed by atoms with Gasteiger partial charge in [0, 0.05) is 55.2 Å². The van der Waals surface area contributed by atoms with E-state index in [-0.39, 0.29) is 24.3 Å². The summed E-state index contributed by atoms with van der Waals surface area (Å²) in [5, 5.41) is 4.23. The van der Waals surface area contributed by atoms with Crippen molar-refractivity contribution in [3.63, 3.8) is 0 Å². The standard InChI is InChI=1S/C29H28ClN7O5/c1-4-27(38)36-9-10-37(18(2)15-36)29(39)42-26-12-21-23(13-25(26)40-3)33-17-34-28(21)35-19-5-6-24(22(30)11-19)41-16-20-14-31-7-8-32-20/h4-8,11-14,17-18H,1,9-10,15-16H2,2-3H3,(H,33,34,35)/t18-/m1/s1. The van der Waals surface area contributed by atoms with Crippen LogP contribution in [0.2, 0.25) is 5.02 Å². The fourth-order valence-electron chi connectivity index (χ4n) is 4.50. The summed E-state index contributed by atoms with van der Waals surface area (Å²) in [6, 6.07) is 8.32. The SMILES string of the molecule is C=CC(=O)N1CCN(C(=O)Oc2cc3c(Nc4ccc(OCc5cnccn5)c(Cl)c4)ncnc3cc2OC)[C@H](C)C1. The van der Waals surface area contributed by atoms with Gasteiger partial charge in [0.25, 0.3) is 0 Å². The molecule has 1 aliphatic heterocycles. The number of nitrogens with one attached hydrogen (secondary N) is 1. The van der Waals surface area contributed by atoms with Gasteiger partial charge in [0.15, 0.2) is 11.5 Å². The number of amides is 2. The van der Waals surface area contributed by atoms with Crippen LogP contribution in [0.4, 0.5) is 16.3 Å². The molecular formula is C29H28ClN7O5. The summed E-state index contributed by atoms with van der Waals surface area (Å²) in [6.07, 6.45) is 6.94. The first-order valence-electron chi connectivity index (χ1n) is 13.0. The first-order chi connectivity index (χ1) is 20.4. The zero-order valence-corrected chi connectivity index (χ0v) is 23.7. The molecule has 4 aromatic rings. The average molecular weight is 590 g/mol.